The fourth-order valence-electron chi connectivity index (χ4n) is 2.59. The van der Waals surface area contributed by atoms with Crippen LogP contribution in [-0.2, 0) is 20.7 Å². The summed E-state index contributed by atoms with van der Waals surface area (Å²) in [6.45, 7) is 3.85. The molecule has 0 spiro atoms. The molecule has 1 aliphatic heterocycles. The number of morpholine rings is 1. The van der Waals surface area contributed by atoms with Crippen molar-refractivity contribution in [3.8, 4) is 5.75 Å². The molecule has 1 heterocycles. The van der Waals surface area contributed by atoms with Crippen LogP contribution in [0.1, 0.15) is 25.3 Å². The Kier molecular flexibility index (Phi) is 6.40. The highest BCUT2D eigenvalue weighted by Gasteiger charge is 2.25. The minimum Gasteiger partial charge on any atom is -0.494 e. The third-order valence-corrected chi connectivity index (χ3v) is 3.76. The van der Waals surface area contributed by atoms with E-state index in [1.165, 1.54) is 0 Å². The minimum atomic E-state index is -0.904. The van der Waals surface area contributed by atoms with E-state index in [-0.39, 0.29) is 12.3 Å². The molecule has 1 aromatic rings. The van der Waals surface area contributed by atoms with Gasteiger partial charge in [-0.05, 0) is 31.0 Å². The fraction of sp³-hybridized carbons (Fsp3) is 0.529. The highest BCUT2D eigenvalue weighted by atomic mass is 16.5. The van der Waals surface area contributed by atoms with Gasteiger partial charge < -0.3 is 19.5 Å². The molecule has 0 bridgehead atoms. The van der Waals surface area contributed by atoms with Crippen molar-refractivity contribution in [2.75, 3.05) is 26.3 Å². The molecule has 2 rings (SSSR count). The number of amides is 1. The van der Waals surface area contributed by atoms with Crippen LogP contribution in [0.4, 0.5) is 0 Å². The quantitative estimate of drug-likeness (QED) is 0.827. The van der Waals surface area contributed by atoms with E-state index in [4.69, 9.17) is 14.6 Å². The second-order valence-electron chi connectivity index (χ2n) is 5.51. The number of carboxylic acids is 1. The first-order valence-corrected chi connectivity index (χ1v) is 7.91. The Balaban J connectivity index is 1.80. The predicted molar refractivity (Wildman–Crippen MR) is 84.5 cm³/mol. The summed E-state index contributed by atoms with van der Waals surface area (Å²) in [7, 11) is 0. The molecule has 126 valence electrons. The van der Waals surface area contributed by atoms with Gasteiger partial charge in [-0.15, -0.1) is 0 Å². The van der Waals surface area contributed by atoms with Crippen LogP contribution in [0.25, 0.3) is 0 Å². The molecule has 1 saturated heterocycles. The summed E-state index contributed by atoms with van der Waals surface area (Å²) in [4.78, 5) is 24.7. The number of aliphatic carboxylic acids is 1. The lowest BCUT2D eigenvalue weighted by molar-refractivity contribution is -0.147. The number of aryl methyl sites for hydroxylation is 1. The summed E-state index contributed by atoms with van der Waals surface area (Å²) in [5.41, 5.74) is 1.08. The summed E-state index contributed by atoms with van der Waals surface area (Å²) < 4.78 is 10.8. The number of benzene rings is 1. The average Bonchev–Trinajstić information content (AvgIpc) is 2.54. The topological polar surface area (TPSA) is 76.1 Å². The first kappa shape index (κ1) is 17.3. The number of carbonyl (C=O) groups is 2. The van der Waals surface area contributed by atoms with E-state index < -0.39 is 12.1 Å². The van der Waals surface area contributed by atoms with Gasteiger partial charge in [0.05, 0.1) is 25.7 Å². The molecular formula is C17H23NO5. The Labute approximate surface area is 136 Å². The Morgan fingerprint density at radius 3 is 2.74 bits per heavy atom. The molecule has 6 heteroatoms. The normalized spacial score (nSPS) is 17.8. The third kappa shape index (κ3) is 5.56. The molecule has 0 aromatic heterocycles. The fourth-order valence-corrected chi connectivity index (χ4v) is 2.59. The van der Waals surface area contributed by atoms with Crippen LogP contribution >= 0.6 is 0 Å². The maximum absolute atomic E-state index is 12.3. The maximum atomic E-state index is 12.3. The Morgan fingerprint density at radius 1 is 1.35 bits per heavy atom. The summed E-state index contributed by atoms with van der Waals surface area (Å²) >= 11 is 0. The van der Waals surface area contributed by atoms with E-state index in [1.54, 1.807) is 4.90 Å². The number of rotatable bonds is 7. The van der Waals surface area contributed by atoms with Gasteiger partial charge in [-0.3, -0.25) is 9.59 Å². The third-order valence-electron chi connectivity index (χ3n) is 3.76. The first-order chi connectivity index (χ1) is 11.1. The second kappa shape index (κ2) is 8.53. The molecule has 23 heavy (non-hydrogen) atoms. The van der Waals surface area contributed by atoms with E-state index in [1.807, 2.05) is 31.2 Å². The Bertz CT molecular complexity index is 528. The van der Waals surface area contributed by atoms with Gasteiger partial charge >= 0.3 is 5.97 Å². The van der Waals surface area contributed by atoms with Gasteiger partial charge in [-0.1, -0.05) is 12.1 Å². The van der Waals surface area contributed by atoms with Gasteiger partial charge in [0, 0.05) is 19.5 Å². The van der Waals surface area contributed by atoms with Crippen LogP contribution < -0.4 is 4.74 Å². The molecule has 0 saturated carbocycles. The molecule has 1 aromatic carbocycles. The van der Waals surface area contributed by atoms with Crippen molar-refractivity contribution in [3.05, 3.63) is 29.8 Å². The number of ether oxygens (including phenoxy) is 2. The molecule has 1 aliphatic rings. The van der Waals surface area contributed by atoms with Gasteiger partial charge in [-0.25, -0.2) is 0 Å². The highest BCUT2D eigenvalue weighted by molar-refractivity contribution is 5.76. The zero-order valence-corrected chi connectivity index (χ0v) is 13.4. The molecule has 0 radical (unpaired) electrons. The molecule has 1 fully saturated rings. The summed E-state index contributed by atoms with van der Waals surface area (Å²) in [5, 5.41) is 8.81. The predicted octanol–water partition coefficient (Wildman–Crippen LogP) is 1.72. The van der Waals surface area contributed by atoms with Crippen LogP contribution in [0.3, 0.4) is 0 Å². The summed E-state index contributed by atoms with van der Waals surface area (Å²) in [6, 6.07) is 7.73. The molecule has 1 amide bonds. The van der Waals surface area contributed by atoms with E-state index >= 15 is 0 Å². The lowest BCUT2D eigenvalue weighted by Crippen LogP contribution is -2.46. The Morgan fingerprint density at radius 2 is 2.09 bits per heavy atom. The van der Waals surface area contributed by atoms with Crippen molar-refractivity contribution >= 4 is 11.9 Å². The maximum Gasteiger partial charge on any atom is 0.306 e. The number of carbonyl (C=O) groups excluding carboxylic acids is 1. The number of hydrogen-bond donors (Lipinski definition) is 1. The summed E-state index contributed by atoms with van der Waals surface area (Å²) in [5.74, 6) is -0.0384. The average molecular weight is 321 g/mol. The van der Waals surface area contributed by atoms with Crippen LogP contribution in [0.5, 0.6) is 5.75 Å². The zero-order chi connectivity index (χ0) is 16.7. The van der Waals surface area contributed by atoms with E-state index in [9.17, 15) is 9.59 Å². The first-order valence-electron chi connectivity index (χ1n) is 7.91. The minimum absolute atomic E-state index is 0.0394. The van der Waals surface area contributed by atoms with Crippen LogP contribution in [-0.4, -0.2) is 54.3 Å². The van der Waals surface area contributed by atoms with E-state index in [0.717, 1.165) is 11.3 Å². The van der Waals surface area contributed by atoms with Crippen molar-refractivity contribution < 1.29 is 24.2 Å². The molecule has 1 N–H and O–H groups in total. The van der Waals surface area contributed by atoms with Crippen molar-refractivity contribution in [2.45, 2.75) is 32.3 Å². The standard InChI is InChI=1S/C17H23NO5/c1-2-22-14-6-3-13(4-7-14)5-8-16(19)18-9-10-23-15(12-18)11-17(20)21/h3-4,6-7,15H,2,5,8-12H2,1H3,(H,20,21). The number of carboxylic acid groups (broad SMARTS) is 1. The van der Waals surface area contributed by atoms with Crippen LogP contribution in [0.15, 0.2) is 24.3 Å². The number of nitrogens with zero attached hydrogens (tertiary/aromatic N) is 1. The summed E-state index contributed by atoms with van der Waals surface area (Å²) in [6.07, 6.45) is 0.596. The molecule has 6 nitrogen and oxygen atoms in total. The molecule has 0 aliphatic carbocycles. The number of hydrogen-bond acceptors (Lipinski definition) is 4. The highest BCUT2D eigenvalue weighted by Crippen LogP contribution is 2.15. The second-order valence-corrected chi connectivity index (χ2v) is 5.51. The lowest BCUT2D eigenvalue weighted by atomic mass is 10.1. The van der Waals surface area contributed by atoms with Crippen LogP contribution in [0.2, 0.25) is 0 Å². The van der Waals surface area contributed by atoms with Crippen molar-refractivity contribution in [2.24, 2.45) is 0 Å². The Hall–Kier alpha value is -2.08. The van der Waals surface area contributed by atoms with Crippen molar-refractivity contribution in [3.63, 3.8) is 0 Å². The molecule has 1 atom stereocenters. The van der Waals surface area contributed by atoms with Crippen molar-refractivity contribution in [1.29, 1.82) is 0 Å². The van der Waals surface area contributed by atoms with Gasteiger partial charge in [0.25, 0.3) is 0 Å². The van der Waals surface area contributed by atoms with E-state index in [2.05, 4.69) is 0 Å². The zero-order valence-electron chi connectivity index (χ0n) is 13.4. The van der Waals surface area contributed by atoms with E-state index in [0.29, 0.717) is 39.1 Å². The SMILES string of the molecule is CCOc1ccc(CCC(=O)N2CCOC(CC(=O)O)C2)cc1. The molecular weight excluding hydrogens is 298 g/mol. The van der Waals surface area contributed by atoms with Crippen molar-refractivity contribution in [1.82, 2.24) is 4.90 Å². The monoisotopic (exact) mass is 321 g/mol. The lowest BCUT2D eigenvalue weighted by Gasteiger charge is -2.32. The molecule has 1 unspecified atom stereocenters. The van der Waals surface area contributed by atoms with Gasteiger partial charge in [0.1, 0.15) is 5.75 Å². The smallest absolute Gasteiger partial charge is 0.306 e. The van der Waals surface area contributed by atoms with Gasteiger partial charge in [0.15, 0.2) is 0 Å². The van der Waals surface area contributed by atoms with Gasteiger partial charge in [-0.2, -0.15) is 0 Å². The largest absolute Gasteiger partial charge is 0.494 e. The van der Waals surface area contributed by atoms with Gasteiger partial charge in [0.2, 0.25) is 5.91 Å². The van der Waals surface area contributed by atoms with Crippen LogP contribution in [0, 0.1) is 0 Å².